The van der Waals surface area contributed by atoms with Gasteiger partial charge in [0.25, 0.3) is 5.91 Å². The van der Waals surface area contributed by atoms with Gasteiger partial charge >= 0.3 is 0 Å². The fourth-order valence-electron chi connectivity index (χ4n) is 1.61. The van der Waals surface area contributed by atoms with Crippen molar-refractivity contribution in [1.29, 1.82) is 5.26 Å². The highest BCUT2D eigenvalue weighted by molar-refractivity contribution is 6.35. The van der Waals surface area contributed by atoms with E-state index in [-0.39, 0.29) is 12.5 Å². The van der Waals surface area contributed by atoms with Gasteiger partial charge < -0.3 is 10.1 Å². The molecule has 0 spiro atoms. The number of halogens is 2. The monoisotopic (exact) mass is 320 g/mol. The number of ether oxygens (including phenoxy) is 1. The first-order valence-corrected chi connectivity index (χ1v) is 6.72. The molecule has 0 unspecified atom stereocenters. The number of hydrogen-bond donors (Lipinski definition) is 1. The number of carbonyl (C=O) groups is 1. The minimum atomic E-state index is -0.385. The number of para-hydroxylation sites is 1. The first-order valence-electron chi connectivity index (χ1n) is 5.97. The van der Waals surface area contributed by atoms with E-state index in [1.165, 1.54) is 6.07 Å². The van der Waals surface area contributed by atoms with Crippen LogP contribution in [-0.4, -0.2) is 12.5 Å². The van der Waals surface area contributed by atoms with Gasteiger partial charge in [-0.05, 0) is 30.3 Å². The van der Waals surface area contributed by atoms with E-state index in [9.17, 15) is 4.79 Å². The van der Waals surface area contributed by atoms with Crippen molar-refractivity contribution in [2.45, 2.75) is 0 Å². The fraction of sp³-hybridized carbons (Fsp3) is 0.0667. The van der Waals surface area contributed by atoms with E-state index in [1.54, 1.807) is 36.4 Å². The maximum atomic E-state index is 11.8. The highest BCUT2D eigenvalue weighted by Crippen LogP contribution is 2.27. The number of nitrogens with one attached hydrogen (secondary N) is 1. The molecule has 0 radical (unpaired) electrons. The summed E-state index contributed by atoms with van der Waals surface area (Å²) in [5.41, 5.74) is 0.825. The van der Waals surface area contributed by atoms with Crippen LogP contribution < -0.4 is 10.1 Å². The van der Waals surface area contributed by atoms with Gasteiger partial charge in [-0.15, -0.1) is 0 Å². The first kappa shape index (κ1) is 15.2. The lowest BCUT2D eigenvalue weighted by atomic mass is 10.2. The van der Waals surface area contributed by atoms with E-state index in [1.807, 2.05) is 6.07 Å². The second-order valence-corrected chi connectivity index (χ2v) is 4.91. The third kappa shape index (κ3) is 4.12. The van der Waals surface area contributed by atoms with Crippen molar-refractivity contribution in [3.8, 4) is 11.8 Å². The molecular weight excluding hydrogens is 311 g/mol. The van der Waals surface area contributed by atoms with Gasteiger partial charge in [-0.2, -0.15) is 5.26 Å². The largest absolute Gasteiger partial charge is 0.482 e. The van der Waals surface area contributed by atoms with Crippen LogP contribution in [0.3, 0.4) is 0 Å². The van der Waals surface area contributed by atoms with E-state index in [0.717, 1.165) is 0 Å². The maximum Gasteiger partial charge on any atom is 0.262 e. The molecule has 106 valence electrons. The van der Waals surface area contributed by atoms with Crippen LogP contribution in [0.4, 0.5) is 5.69 Å². The number of rotatable bonds is 4. The third-order valence-corrected chi connectivity index (χ3v) is 3.10. The predicted octanol–water partition coefficient (Wildman–Crippen LogP) is 3.88. The first-order chi connectivity index (χ1) is 10.1. The summed E-state index contributed by atoms with van der Waals surface area (Å²) in [6.45, 7) is -0.221. The van der Waals surface area contributed by atoms with Crippen LogP contribution in [0.5, 0.6) is 5.75 Å². The normalized spacial score (nSPS) is 9.76. The molecule has 0 atom stereocenters. The van der Waals surface area contributed by atoms with Crippen LogP contribution in [0, 0.1) is 11.3 Å². The van der Waals surface area contributed by atoms with Gasteiger partial charge in [-0.1, -0.05) is 35.3 Å². The molecule has 21 heavy (non-hydrogen) atoms. The Morgan fingerprint density at radius 1 is 1.24 bits per heavy atom. The SMILES string of the molecule is N#Cc1ccccc1NC(=O)COc1ccc(Cl)cc1Cl. The topological polar surface area (TPSA) is 62.1 Å². The van der Waals surface area contributed by atoms with Crippen LogP contribution in [0.2, 0.25) is 10.0 Å². The second-order valence-electron chi connectivity index (χ2n) is 4.07. The van der Waals surface area contributed by atoms with E-state index in [0.29, 0.717) is 27.0 Å². The molecule has 2 aromatic rings. The Balaban J connectivity index is 1.98. The van der Waals surface area contributed by atoms with Crippen LogP contribution in [0.1, 0.15) is 5.56 Å². The number of amides is 1. The molecule has 1 amide bonds. The molecular formula is C15H10Cl2N2O2. The maximum absolute atomic E-state index is 11.8. The van der Waals surface area contributed by atoms with Gasteiger partial charge in [0, 0.05) is 5.02 Å². The Morgan fingerprint density at radius 2 is 2.00 bits per heavy atom. The summed E-state index contributed by atoms with van der Waals surface area (Å²) in [4.78, 5) is 11.8. The molecule has 2 aromatic carbocycles. The van der Waals surface area contributed by atoms with Gasteiger partial charge in [0.15, 0.2) is 6.61 Å². The highest BCUT2D eigenvalue weighted by Gasteiger charge is 2.09. The molecule has 1 N–H and O–H groups in total. The van der Waals surface area contributed by atoms with Crippen molar-refractivity contribution >= 4 is 34.8 Å². The van der Waals surface area contributed by atoms with Crippen molar-refractivity contribution in [1.82, 2.24) is 0 Å². The van der Waals surface area contributed by atoms with Crippen molar-refractivity contribution in [2.24, 2.45) is 0 Å². The average molecular weight is 321 g/mol. The number of nitriles is 1. The Morgan fingerprint density at radius 3 is 2.71 bits per heavy atom. The number of anilines is 1. The Hall–Kier alpha value is -2.22. The van der Waals surface area contributed by atoms with E-state index in [2.05, 4.69) is 5.32 Å². The highest BCUT2D eigenvalue weighted by atomic mass is 35.5. The smallest absolute Gasteiger partial charge is 0.262 e. The third-order valence-electron chi connectivity index (χ3n) is 2.57. The lowest BCUT2D eigenvalue weighted by Gasteiger charge is -2.09. The van der Waals surface area contributed by atoms with Gasteiger partial charge in [0.2, 0.25) is 0 Å². The van der Waals surface area contributed by atoms with Crippen molar-refractivity contribution < 1.29 is 9.53 Å². The van der Waals surface area contributed by atoms with E-state index >= 15 is 0 Å². The van der Waals surface area contributed by atoms with Gasteiger partial charge in [0.05, 0.1) is 16.3 Å². The van der Waals surface area contributed by atoms with Crippen molar-refractivity contribution in [2.75, 3.05) is 11.9 Å². The van der Waals surface area contributed by atoms with Crippen LogP contribution in [0.15, 0.2) is 42.5 Å². The molecule has 2 rings (SSSR count). The zero-order valence-corrected chi connectivity index (χ0v) is 12.3. The fourth-order valence-corrected chi connectivity index (χ4v) is 2.07. The second kappa shape index (κ2) is 6.98. The summed E-state index contributed by atoms with van der Waals surface area (Å²) in [7, 11) is 0. The quantitative estimate of drug-likeness (QED) is 0.929. The summed E-state index contributed by atoms with van der Waals surface area (Å²) >= 11 is 11.7. The zero-order chi connectivity index (χ0) is 15.2. The van der Waals surface area contributed by atoms with Gasteiger partial charge in [-0.25, -0.2) is 0 Å². The van der Waals surface area contributed by atoms with Crippen molar-refractivity contribution in [3.05, 3.63) is 58.1 Å². The molecule has 0 fully saturated rings. The minimum Gasteiger partial charge on any atom is -0.482 e. The zero-order valence-electron chi connectivity index (χ0n) is 10.8. The minimum absolute atomic E-state index is 0.221. The molecule has 6 heteroatoms. The summed E-state index contributed by atoms with van der Waals surface area (Å²) in [5.74, 6) is -0.0199. The number of benzene rings is 2. The van der Waals surface area contributed by atoms with Gasteiger partial charge in [-0.3, -0.25) is 4.79 Å². The number of nitrogens with zero attached hydrogens (tertiary/aromatic N) is 1. The van der Waals surface area contributed by atoms with Crippen LogP contribution in [0.25, 0.3) is 0 Å². The molecule has 4 nitrogen and oxygen atoms in total. The van der Waals surface area contributed by atoms with Crippen LogP contribution in [-0.2, 0) is 4.79 Å². The molecule has 0 bridgehead atoms. The molecule has 0 aliphatic rings. The Kier molecular flexibility index (Phi) is 5.04. The summed E-state index contributed by atoms with van der Waals surface area (Å²) < 4.78 is 5.31. The van der Waals surface area contributed by atoms with Crippen molar-refractivity contribution in [3.63, 3.8) is 0 Å². The lowest BCUT2D eigenvalue weighted by molar-refractivity contribution is -0.118. The Labute approximate surface area is 131 Å². The molecule has 0 aromatic heterocycles. The summed E-state index contributed by atoms with van der Waals surface area (Å²) in [6.07, 6.45) is 0. The average Bonchev–Trinajstić information content (AvgIpc) is 2.47. The van der Waals surface area contributed by atoms with E-state index in [4.69, 9.17) is 33.2 Å². The van der Waals surface area contributed by atoms with E-state index < -0.39 is 0 Å². The van der Waals surface area contributed by atoms with Gasteiger partial charge in [0.1, 0.15) is 11.8 Å². The Bertz CT molecular complexity index is 711. The standard InChI is InChI=1S/C15H10Cl2N2O2/c16-11-5-6-14(12(17)7-11)21-9-15(20)19-13-4-2-1-3-10(13)8-18/h1-7H,9H2,(H,19,20). The molecule has 0 heterocycles. The summed E-state index contributed by atoms with van der Waals surface area (Å²) in [5, 5.41) is 12.4. The lowest BCUT2D eigenvalue weighted by Crippen LogP contribution is -2.20. The number of carbonyl (C=O) groups excluding carboxylic acids is 1. The molecule has 0 aliphatic carbocycles. The molecule has 0 saturated heterocycles. The molecule has 0 aliphatic heterocycles. The van der Waals surface area contributed by atoms with Crippen LogP contribution >= 0.6 is 23.2 Å². The number of hydrogen-bond acceptors (Lipinski definition) is 3. The molecule has 0 saturated carbocycles. The summed E-state index contributed by atoms with van der Waals surface area (Å²) in [6, 6.07) is 13.4. The predicted molar refractivity (Wildman–Crippen MR) is 81.7 cm³/mol.